The second-order valence-corrected chi connectivity index (χ2v) is 4.65. The minimum Gasteiger partial charge on any atom is -0.369 e. The lowest BCUT2D eigenvalue weighted by Gasteiger charge is -2.08. The van der Waals surface area contributed by atoms with Gasteiger partial charge in [0.05, 0.1) is 28.4 Å². The molecule has 0 atom stereocenters. The van der Waals surface area contributed by atoms with Gasteiger partial charge in [-0.15, -0.1) is 0 Å². The fourth-order valence-electron chi connectivity index (χ4n) is 2.08. The van der Waals surface area contributed by atoms with Crippen molar-refractivity contribution in [1.29, 1.82) is 5.26 Å². The smallest absolute Gasteiger partial charge is 0.206 e. The standard InChI is InChI=1S/C14H8ClFN4/c15-9-2-3-11-13(6-9)20(14(18)19-11)12-4-1-8(7-17)5-10(12)16/h1-6H,(H2,18,19). The minimum absolute atomic E-state index is 0.158. The van der Waals surface area contributed by atoms with Gasteiger partial charge in [-0.25, -0.2) is 9.37 Å². The Hall–Kier alpha value is -2.58. The monoisotopic (exact) mass is 286 g/mol. The first-order chi connectivity index (χ1) is 9.60. The van der Waals surface area contributed by atoms with E-state index < -0.39 is 5.82 Å². The summed E-state index contributed by atoms with van der Waals surface area (Å²) >= 11 is 5.96. The molecule has 0 saturated carbocycles. The zero-order valence-corrected chi connectivity index (χ0v) is 10.9. The Bertz CT molecular complexity index is 863. The first kappa shape index (κ1) is 12.5. The lowest BCUT2D eigenvalue weighted by atomic mass is 10.2. The molecule has 2 N–H and O–H groups in total. The minimum atomic E-state index is -0.546. The van der Waals surface area contributed by atoms with Gasteiger partial charge in [0.1, 0.15) is 5.82 Å². The lowest BCUT2D eigenvalue weighted by Crippen LogP contribution is -2.03. The number of aromatic nitrogens is 2. The predicted octanol–water partition coefficient (Wildman–Crippen LogP) is 3.27. The molecular formula is C14H8ClFN4. The number of nitrogen functional groups attached to an aromatic ring is 1. The van der Waals surface area contributed by atoms with E-state index in [0.29, 0.717) is 16.1 Å². The molecule has 6 heteroatoms. The Morgan fingerprint density at radius 1 is 1.25 bits per heavy atom. The zero-order chi connectivity index (χ0) is 14.3. The van der Waals surface area contributed by atoms with Crippen LogP contribution in [0.25, 0.3) is 16.7 Å². The predicted molar refractivity (Wildman–Crippen MR) is 75.2 cm³/mol. The molecule has 0 spiro atoms. The molecule has 98 valence electrons. The Labute approximate surface area is 118 Å². The van der Waals surface area contributed by atoms with E-state index in [1.165, 1.54) is 16.7 Å². The third kappa shape index (κ3) is 1.87. The van der Waals surface area contributed by atoms with Gasteiger partial charge in [-0.05, 0) is 36.4 Å². The molecule has 0 aliphatic rings. The van der Waals surface area contributed by atoms with Crippen molar-refractivity contribution < 1.29 is 4.39 Å². The van der Waals surface area contributed by atoms with Crippen LogP contribution in [0.2, 0.25) is 5.02 Å². The summed E-state index contributed by atoms with van der Waals surface area (Å²) in [6.07, 6.45) is 0. The zero-order valence-electron chi connectivity index (χ0n) is 10.1. The van der Waals surface area contributed by atoms with Crippen LogP contribution >= 0.6 is 11.6 Å². The molecular weight excluding hydrogens is 279 g/mol. The Kier molecular flexibility index (Phi) is 2.81. The highest BCUT2D eigenvalue weighted by atomic mass is 35.5. The number of nitrogens with zero attached hydrogens (tertiary/aromatic N) is 3. The Morgan fingerprint density at radius 3 is 2.75 bits per heavy atom. The summed E-state index contributed by atoms with van der Waals surface area (Å²) in [6.45, 7) is 0. The number of rotatable bonds is 1. The summed E-state index contributed by atoms with van der Waals surface area (Å²) in [5.41, 5.74) is 7.55. The lowest BCUT2D eigenvalue weighted by molar-refractivity contribution is 0.619. The van der Waals surface area contributed by atoms with Crippen molar-refractivity contribution in [3.05, 3.63) is 52.8 Å². The average molecular weight is 287 g/mol. The van der Waals surface area contributed by atoms with Crippen LogP contribution in [0, 0.1) is 17.1 Å². The first-order valence-electron chi connectivity index (χ1n) is 5.73. The van der Waals surface area contributed by atoms with Crippen molar-refractivity contribution in [3.63, 3.8) is 0 Å². The van der Waals surface area contributed by atoms with Crippen molar-refractivity contribution in [2.75, 3.05) is 5.73 Å². The summed E-state index contributed by atoms with van der Waals surface area (Å²) in [5.74, 6) is -0.388. The summed E-state index contributed by atoms with van der Waals surface area (Å²) in [5, 5.41) is 9.28. The van der Waals surface area contributed by atoms with E-state index in [2.05, 4.69) is 4.98 Å². The van der Waals surface area contributed by atoms with Gasteiger partial charge >= 0.3 is 0 Å². The molecule has 0 bridgehead atoms. The number of halogens is 2. The van der Waals surface area contributed by atoms with Gasteiger partial charge in [0.2, 0.25) is 5.95 Å². The highest BCUT2D eigenvalue weighted by molar-refractivity contribution is 6.31. The fourth-order valence-corrected chi connectivity index (χ4v) is 2.24. The van der Waals surface area contributed by atoms with E-state index in [1.807, 2.05) is 6.07 Å². The van der Waals surface area contributed by atoms with E-state index in [1.54, 1.807) is 18.2 Å². The third-order valence-electron chi connectivity index (χ3n) is 2.96. The molecule has 1 aromatic heterocycles. The van der Waals surface area contributed by atoms with Crippen LogP contribution in [0.5, 0.6) is 0 Å². The summed E-state index contributed by atoms with van der Waals surface area (Å²) in [6, 6.07) is 11.1. The number of anilines is 1. The molecule has 0 radical (unpaired) electrons. The van der Waals surface area contributed by atoms with Crippen molar-refractivity contribution in [2.24, 2.45) is 0 Å². The Balaban J connectivity index is 2.32. The van der Waals surface area contributed by atoms with Crippen LogP contribution in [0.1, 0.15) is 5.56 Å². The molecule has 0 amide bonds. The normalized spacial score (nSPS) is 10.7. The molecule has 4 nitrogen and oxygen atoms in total. The van der Waals surface area contributed by atoms with Crippen molar-refractivity contribution in [1.82, 2.24) is 9.55 Å². The quantitative estimate of drug-likeness (QED) is 0.746. The molecule has 3 aromatic rings. The van der Waals surface area contributed by atoms with E-state index >= 15 is 0 Å². The van der Waals surface area contributed by atoms with Gasteiger partial charge in [0.15, 0.2) is 0 Å². The molecule has 0 aliphatic carbocycles. The SMILES string of the molecule is N#Cc1ccc(-n2c(N)nc3ccc(Cl)cc32)c(F)c1. The molecule has 1 heterocycles. The Morgan fingerprint density at radius 2 is 2.05 bits per heavy atom. The fraction of sp³-hybridized carbons (Fsp3) is 0. The molecule has 3 rings (SSSR count). The molecule has 0 saturated heterocycles. The van der Waals surface area contributed by atoms with Crippen molar-refractivity contribution in [2.45, 2.75) is 0 Å². The summed E-state index contributed by atoms with van der Waals surface area (Å²) < 4.78 is 15.6. The second kappa shape index (κ2) is 4.51. The van der Waals surface area contributed by atoms with Gasteiger partial charge in [0.25, 0.3) is 0 Å². The van der Waals surface area contributed by atoms with E-state index in [0.717, 1.165) is 6.07 Å². The summed E-state index contributed by atoms with van der Waals surface area (Å²) in [7, 11) is 0. The van der Waals surface area contributed by atoms with Crippen LogP contribution in [0.3, 0.4) is 0 Å². The molecule has 0 unspecified atom stereocenters. The van der Waals surface area contributed by atoms with Crippen LogP contribution in [0.4, 0.5) is 10.3 Å². The van der Waals surface area contributed by atoms with Crippen LogP contribution in [0.15, 0.2) is 36.4 Å². The third-order valence-corrected chi connectivity index (χ3v) is 3.20. The van der Waals surface area contributed by atoms with Gasteiger partial charge in [0, 0.05) is 5.02 Å². The highest BCUT2D eigenvalue weighted by Crippen LogP contribution is 2.27. The van der Waals surface area contributed by atoms with Gasteiger partial charge in [-0.3, -0.25) is 4.57 Å². The number of hydrogen-bond acceptors (Lipinski definition) is 3. The number of hydrogen-bond donors (Lipinski definition) is 1. The number of nitriles is 1. The highest BCUT2D eigenvalue weighted by Gasteiger charge is 2.14. The van der Waals surface area contributed by atoms with Gasteiger partial charge < -0.3 is 5.73 Å². The maximum absolute atomic E-state index is 14.1. The average Bonchev–Trinajstić information content (AvgIpc) is 2.74. The van der Waals surface area contributed by atoms with E-state index in [4.69, 9.17) is 22.6 Å². The maximum atomic E-state index is 14.1. The molecule has 0 fully saturated rings. The van der Waals surface area contributed by atoms with Crippen molar-refractivity contribution in [3.8, 4) is 11.8 Å². The van der Waals surface area contributed by atoms with E-state index in [-0.39, 0.29) is 17.2 Å². The topological polar surface area (TPSA) is 67.6 Å². The van der Waals surface area contributed by atoms with Gasteiger partial charge in [-0.2, -0.15) is 5.26 Å². The van der Waals surface area contributed by atoms with Crippen LogP contribution < -0.4 is 5.73 Å². The van der Waals surface area contributed by atoms with Gasteiger partial charge in [-0.1, -0.05) is 11.6 Å². The van der Waals surface area contributed by atoms with Crippen LogP contribution in [-0.4, -0.2) is 9.55 Å². The number of imidazole rings is 1. The largest absolute Gasteiger partial charge is 0.369 e. The molecule has 2 aromatic carbocycles. The second-order valence-electron chi connectivity index (χ2n) is 4.22. The number of benzene rings is 2. The van der Waals surface area contributed by atoms with Crippen LogP contribution in [-0.2, 0) is 0 Å². The number of nitrogens with two attached hydrogens (primary N) is 1. The molecule has 0 aliphatic heterocycles. The van der Waals surface area contributed by atoms with E-state index in [9.17, 15) is 4.39 Å². The maximum Gasteiger partial charge on any atom is 0.206 e. The van der Waals surface area contributed by atoms with Crippen molar-refractivity contribution >= 4 is 28.6 Å². The number of fused-ring (bicyclic) bond motifs is 1. The summed E-state index contributed by atoms with van der Waals surface area (Å²) in [4.78, 5) is 4.16. The first-order valence-corrected chi connectivity index (χ1v) is 6.11. The molecule has 20 heavy (non-hydrogen) atoms.